The molecule has 1 aromatic rings. The third kappa shape index (κ3) is 3.64. The second kappa shape index (κ2) is 7.63. The molecule has 5 nitrogen and oxygen atoms in total. The lowest BCUT2D eigenvalue weighted by molar-refractivity contribution is -0.165. The van der Waals surface area contributed by atoms with E-state index in [1.165, 1.54) is 38.3 Å². The van der Waals surface area contributed by atoms with Crippen molar-refractivity contribution >= 4 is 11.7 Å². The van der Waals surface area contributed by atoms with Crippen LogP contribution in [0, 0.1) is 29.0 Å². The number of benzene rings is 1. The topological polar surface area (TPSA) is 55.8 Å². The third-order valence-electron chi connectivity index (χ3n) is 7.67. The van der Waals surface area contributed by atoms with Gasteiger partial charge in [0.1, 0.15) is 24.3 Å². The van der Waals surface area contributed by atoms with Gasteiger partial charge in [0.2, 0.25) is 5.91 Å². The molecule has 30 heavy (non-hydrogen) atoms. The molecule has 4 bridgehead atoms. The van der Waals surface area contributed by atoms with Gasteiger partial charge in [-0.15, -0.1) is 0 Å². The maximum Gasteiger partial charge on any atom is 0.228 e. The summed E-state index contributed by atoms with van der Waals surface area (Å²) in [6.07, 6.45) is 6.95. The van der Waals surface area contributed by atoms with Gasteiger partial charge in [-0.2, -0.15) is 0 Å². The summed E-state index contributed by atoms with van der Waals surface area (Å²) in [5.41, 5.74) is -0.0769. The number of ether oxygens (including phenoxy) is 2. The van der Waals surface area contributed by atoms with Crippen LogP contribution in [0.1, 0.15) is 55.8 Å². The monoisotopic (exact) mass is 415 g/mol. The summed E-state index contributed by atoms with van der Waals surface area (Å²) in [7, 11) is 0. The van der Waals surface area contributed by atoms with E-state index < -0.39 is 5.82 Å². The number of ketones is 1. The number of Topliss-reactive ketones (excluding diaryl/α,β-unsaturated/α-hetero) is 1. The van der Waals surface area contributed by atoms with Gasteiger partial charge in [0, 0.05) is 12.6 Å². The number of halogens is 1. The van der Waals surface area contributed by atoms with E-state index in [-0.39, 0.29) is 29.5 Å². The van der Waals surface area contributed by atoms with Crippen LogP contribution in [0.25, 0.3) is 0 Å². The quantitative estimate of drug-likeness (QED) is 0.686. The Hall–Kier alpha value is -1.95. The Labute approximate surface area is 176 Å². The first-order chi connectivity index (χ1) is 14.4. The highest BCUT2D eigenvalue weighted by Gasteiger charge is 2.55. The second-order valence-corrected chi connectivity index (χ2v) is 9.95. The summed E-state index contributed by atoms with van der Waals surface area (Å²) < 4.78 is 25.6. The number of hydrogen-bond acceptors (Lipinski definition) is 4. The molecular weight excluding hydrogens is 385 g/mol. The molecule has 0 radical (unpaired) electrons. The highest BCUT2D eigenvalue weighted by atomic mass is 19.1. The number of hydrogen-bond donors (Lipinski definition) is 0. The largest absolute Gasteiger partial charge is 0.491 e. The van der Waals surface area contributed by atoms with E-state index in [1.54, 1.807) is 6.07 Å². The Bertz CT molecular complexity index is 818. The fourth-order valence-electron chi connectivity index (χ4n) is 6.77. The molecule has 6 rings (SSSR count). The average Bonchev–Trinajstić information content (AvgIpc) is 2.71. The van der Waals surface area contributed by atoms with Crippen molar-refractivity contribution in [3.63, 3.8) is 0 Å². The molecule has 0 N–H and O–H groups in total. The van der Waals surface area contributed by atoms with E-state index in [2.05, 4.69) is 0 Å². The van der Waals surface area contributed by atoms with Crippen LogP contribution >= 0.6 is 0 Å². The van der Waals surface area contributed by atoms with Gasteiger partial charge in [-0.25, -0.2) is 4.39 Å². The van der Waals surface area contributed by atoms with Crippen LogP contribution in [0.3, 0.4) is 0 Å². The van der Waals surface area contributed by atoms with E-state index in [4.69, 9.17) is 9.47 Å². The maximum atomic E-state index is 14.0. The van der Waals surface area contributed by atoms with E-state index in [0.717, 1.165) is 37.0 Å². The molecule has 0 spiro atoms. The maximum absolute atomic E-state index is 14.0. The number of carbonyl (C=O) groups excluding carboxylic acids is 2. The molecule has 1 atom stereocenters. The Morgan fingerprint density at radius 1 is 1.17 bits per heavy atom. The molecule has 1 aromatic carbocycles. The molecule has 4 aliphatic carbocycles. The minimum Gasteiger partial charge on any atom is -0.491 e. The van der Waals surface area contributed by atoms with Crippen LogP contribution in [-0.4, -0.2) is 49.0 Å². The first kappa shape index (κ1) is 20.0. The van der Waals surface area contributed by atoms with Gasteiger partial charge in [0.15, 0.2) is 5.78 Å². The van der Waals surface area contributed by atoms with Crippen molar-refractivity contribution in [2.75, 3.05) is 26.3 Å². The minimum atomic E-state index is -0.580. The number of amides is 1. The molecule has 162 valence electrons. The Balaban J connectivity index is 1.21. The third-order valence-corrected chi connectivity index (χ3v) is 7.67. The normalized spacial score (nSPS) is 34.8. The molecule has 1 saturated heterocycles. The highest BCUT2D eigenvalue weighted by molar-refractivity contribution is 5.94. The Morgan fingerprint density at radius 3 is 2.43 bits per heavy atom. The van der Waals surface area contributed by atoms with Crippen molar-refractivity contribution in [2.45, 2.75) is 51.6 Å². The molecule has 4 saturated carbocycles. The van der Waals surface area contributed by atoms with Gasteiger partial charge in [-0.05, 0) is 75.3 Å². The Morgan fingerprint density at radius 2 is 1.83 bits per heavy atom. The Kier molecular flexibility index (Phi) is 5.08. The van der Waals surface area contributed by atoms with E-state index >= 15 is 0 Å². The molecular formula is C24H30FNO4. The van der Waals surface area contributed by atoms with E-state index in [1.807, 2.05) is 4.90 Å². The van der Waals surface area contributed by atoms with Gasteiger partial charge in [0.25, 0.3) is 0 Å². The molecule has 1 aliphatic heterocycles. The van der Waals surface area contributed by atoms with Crippen molar-refractivity contribution < 1.29 is 23.5 Å². The lowest BCUT2D eigenvalue weighted by atomic mass is 9.49. The SMILES string of the molecule is CC(=O)c1ccc(OCC2CN(C(=O)C34CC5CC(CC(C5)C3)C4)CCO2)cc1F. The summed E-state index contributed by atoms with van der Waals surface area (Å²) in [6.45, 7) is 3.26. The van der Waals surface area contributed by atoms with Gasteiger partial charge >= 0.3 is 0 Å². The van der Waals surface area contributed by atoms with Gasteiger partial charge < -0.3 is 14.4 Å². The lowest BCUT2D eigenvalue weighted by Crippen LogP contribution is -2.58. The zero-order valence-electron chi connectivity index (χ0n) is 17.6. The van der Waals surface area contributed by atoms with Gasteiger partial charge in [-0.1, -0.05) is 0 Å². The van der Waals surface area contributed by atoms with Crippen LogP contribution in [0.2, 0.25) is 0 Å². The van der Waals surface area contributed by atoms with E-state index in [0.29, 0.717) is 31.4 Å². The van der Waals surface area contributed by atoms with Crippen LogP contribution in [0.4, 0.5) is 4.39 Å². The molecule has 1 heterocycles. The number of carbonyl (C=O) groups is 2. The number of morpholine rings is 1. The second-order valence-electron chi connectivity index (χ2n) is 9.95. The van der Waals surface area contributed by atoms with Crippen LogP contribution in [0.15, 0.2) is 18.2 Å². The summed E-state index contributed by atoms with van der Waals surface area (Å²) in [5, 5.41) is 0. The number of nitrogens with zero attached hydrogens (tertiary/aromatic N) is 1. The predicted molar refractivity (Wildman–Crippen MR) is 109 cm³/mol. The lowest BCUT2D eigenvalue weighted by Gasteiger charge is -2.57. The molecule has 5 fully saturated rings. The minimum absolute atomic E-state index is 0.0589. The van der Waals surface area contributed by atoms with Crippen molar-refractivity contribution in [2.24, 2.45) is 23.2 Å². The van der Waals surface area contributed by atoms with Crippen molar-refractivity contribution in [1.82, 2.24) is 4.90 Å². The van der Waals surface area contributed by atoms with Crippen molar-refractivity contribution in [1.29, 1.82) is 0 Å². The standard InChI is InChI=1S/C24H30FNO4/c1-15(27)21-3-2-19(9-22(21)25)30-14-20-13-26(4-5-29-20)23(28)24-10-16-6-17(11-24)8-18(7-16)12-24/h2-3,9,16-18,20H,4-8,10-14H2,1H3. The van der Waals surface area contributed by atoms with Crippen LogP contribution in [0.5, 0.6) is 5.75 Å². The fraction of sp³-hybridized carbons (Fsp3) is 0.667. The van der Waals surface area contributed by atoms with Crippen LogP contribution < -0.4 is 4.74 Å². The zero-order valence-corrected chi connectivity index (χ0v) is 17.6. The molecule has 6 heteroatoms. The number of rotatable bonds is 5. The summed E-state index contributed by atoms with van der Waals surface area (Å²) >= 11 is 0. The first-order valence-corrected chi connectivity index (χ1v) is 11.3. The molecule has 0 aromatic heterocycles. The molecule has 1 amide bonds. The van der Waals surface area contributed by atoms with Crippen molar-refractivity contribution in [3.05, 3.63) is 29.6 Å². The molecule has 5 aliphatic rings. The predicted octanol–water partition coefficient (Wildman–Crippen LogP) is 3.85. The van der Waals surface area contributed by atoms with Gasteiger partial charge in [0.05, 0.1) is 24.1 Å². The smallest absolute Gasteiger partial charge is 0.228 e. The van der Waals surface area contributed by atoms with Gasteiger partial charge in [-0.3, -0.25) is 9.59 Å². The fourth-order valence-corrected chi connectivity index (χ4v) is 6.77. The first-order valence-electron chi connectivity index (χ1n) is 11.3. The zero-order chi connectivity index (χ0) is 20.9. The van der Waals surface area contributed by atoms with Crippen LogP contribution in [-0.2, 0) is 9.53 Å². The summed E-state index contributed by atoms with van der Waals surface area (Å²) in [4.78, 5) is 26.9. The highest BCUT2D eigenvalue weighted by Crippen LogP contribution is 2.60. The summed E-state index contributed by atoms with van der Waals surface area (Å²) in [5.74, 6) is 2.03. The molecule has 1 unspecified atom stereocenters. The van der Waals surface area contributed by atoms with Crippen molar-refractivity contribution in [3.8, 4) is 5.75 Å². The van der Waals surface area contributed by atoms with E-state index in [9.17, 15) is 14.0 Å². The summed E-state index contributed by atoms with van der Waals surface area (Å²) in [6, 6.07) is 4.27. The average molecular weight is 416 g/mol.